The molecule has 4 atom stereocenters. The maximum absolute atomic E-state index is 11.8. The Hall–Kier alpha value is -1.49. The number of aliphatic hydroxyl groups excluding tert-OH is 3. The summed E-state index contributed by atoms with van der Waals surface area (Å²) in [7, 11) is 0. The molecule has 1 saturated heterocycles. The van der Waals surface area contributed by atoms with Crippen molar-refractivity contribution in [3.05, 3.63) is 10.4 Å². The van der Waals surface area contributed by atoms with Crippen LogP contribution >= 0.6 is 0 Å². The number of nitrogen functional groups attached to an aromatic ring is 1. The standard InChI is InChI=1S/C10H12N5O5Se/c11-9-13-6-3(7(19)14-9)12-10(21)15(6)8-5(18)4(17)2(1-16)20-8/h2,4-5,8,16-18H,1H2,(H3,11,13,14,19). The van der Waals surface area contributed by atoms with Crippen molar-refractivity contribution < 1.29 is 20.1 Å². The molecule has 2 aromatic rings. The van der Waals surface area contributed by atoms with Crippen LogP contribution in [0, 0.1) is 0 Å². The SMILES string of the molecule is Nc1nc2c(nc([Se])n2C2OC(CO)C(O)C2O)c(=O)[nH]1. The van der Waals surface area contributed by atoms with Gasteiger partial charge in [0, 0.05) is 0 Å². The van der Waals surface area contributed by atoms with Gasteiger partial charge in [-0.2, -0.15) is 0 Å². The molecular formula is C10H12N5O5Se. The summed E-state index contributed by atoms with van der Waals surface area (Å²) in [6, 6.07) is 0. The Morgan fingerprint density at radius 1 is 1.38 bits per heavy atom. The quantitative estimate of drug-likeness (QED) is 0.340. The van der Waals surface area contributed by atoms with E-state index in [1.807, 2.05) is 0 Å². The van der Waals surface area contributed by atoms with Crippen molar-refractivity contribution in [2.75, 3.05) is 12.3 Å². The first-order valence-electron chi connectivity index (χ1n) is 6.01. The molecule has 1 radical (unpaired) electrons. The van der Waals surface area contributed by atoms with Crippen LogP contribution in [-0.4, -0.2) is 75.8 Å². The molecular weight excluding hydrogens is 349 g/mol. The number of aromatic nitrogens is 4. The average molecular weight is 361 g/mol. The van der Waals surface area contributed by atoms with E-state index in [9.17, 15) is 15.0 Å². The second-order valence-corrected chi connectivity index (χ2v) is 5.38. The van der Waals surface area contributed by atoms with Gasteiger partial charge in [0.25, 0.3) is 0 Å². The van der Waals surface area contributed by atoms with Crippen molar-refractivity contribution in [1.82, 2.24) is 19.5 Å². The van der Waals surface area contributed by atoms with Crippen LogP contribution in [-0.2, 0) is 4.74 Å². The van der Waals surface area contributed by atoms with Crippen molar-refractivity contribution >= 4 is 37.8 Å². The number of anilines is 1. The first kappa shape index (κ1) is 14.4. The Labute approximate surface area is 125 Å². The first-order chi connectivity index (χ1) is 9.93. The molecule has 1 aliphatic heterocycles. The Morgan fingerprint density at radius 2 is 2.10 bits per heavy atom. The molecule has 0 aromatic carbocycles. The molecule has 1 fully saturated rings. The van der Waals surface area contributed by atoms with Gasteiger partial charge in [0.2, 0.25) is 0 Å². The third-order valence-corrected chi connectivity index (χ3v) is 3.91. The molecule has 1 aliphatic rings. The molecule has 6 N–H and O–H groups in total. The molecule has 0 aliphatic carbocycles. The van der Waals surface area contributed by atoms with E-state index < -0.39 is 36.7 Å². The van der Waals surface area contributed by atoms with Crippen LogP contribution in [0.25, 0.3) is 11.2 Å². The van der Waals surface area contributed by atoms with Crippen molar-refractivity contribution in [3.63, 3.8) is 0 Å². The van der Waals surface area contributed by atoms with Gasteiger partial charge in [-0.3, -0.25) is 0 Å². The number of H-pyrrole nitrogens is 1. The number of rotatable bonds is 2. The molecule has 0 spiro atoms. The van der Waals surface area contributed by atoms with Gasteiger partial charge in [0.15, 0.2) is 0 Å². The zero-order valence-corrected chi connectivity index (χ0v) is 12.2. The first-order valence-corrected chi connectivity index (χ1v) is 6.87. The summed E-state index contributed by atoms with van der Waals surface area (Å²) in [6.45, 7) is -0.458. The Kier molecular flexibility index (Phi) is 3.48. The monoisotopic (exact) mass is 362 g/mol. The predicted molar refractivity (Wildman–Crippen MR) is 71.0 cm³/mol. The third-order valence-electron chi connectivity index (χ3n) is 3.31. The van der Waals surface area contributed by atoms with Crippen molar-refractivity contribution in [2.24, 2.45) is 0 Å². The Bertz CT molecular complexity index is 745. The van der Waals surface area contributed by atoms with Gasteiger partial charge in [-0.1, -0.05) is 0 Å². The number of ether oxygens (including phenoxy) is 1. The van der Waals surface area contributed by atoms with Crippen LogP contribution in [0.4, 0.5) is 5.95 Å². The molecule has 4 unspecified atom stereocenters. The summed E-state index contributed by atoms with van der Waals surface area (Å²) < 4.78 is 6.97. The van der Waals surface area contributed by atoms with E-state index in [-0.39, 0.29) is 21.8 Å². The topological polar surface area (TPSA) is 160 Å². The number of nitrogens with two attached hydrogens (primary N) is 1. The molecule has 3 rings (SSSR count). The van der Waals surface area contributed by atoms with Gasteiger partial charge in [-0.15, -0.1) is 0 Å². The molecule has 2 aromatic heterocycles. The summed E-state index contributed by atoms with van der Waals surface area (Å²) in [5.74, 6) is -0.111. The minimum atomic E-state index is -1.31. The fourth-order valence-corrected chi connectivity index (χ4v) is 2.89. The summed E-state index contributed by atoms with van der Waals surface area (Å²) in [6.07, 6.45) is -4.57. The summed E-state index contributed by atoms with van der Waals surface area (Å²) in [4.78, 5) is 22.1. The number of aliphatic hydroxyl groups is 3. The second kappa shape index (κ2) is 5.05. The van der Waals surface area contributed by atoms with E-state index >= 15 is 0 Å². The predicted octanol–water partition coefficient (Wildman–Crippen LogP) is -3.89. The average Bonchev–Trinajstić information content (AvgIpc) is 2.89. The van der Waals surface area contributed by atoms with Gasteiger partial charge >= 0.3 is 125 Å². The maximum atomic E-state index is 11.8. The number of hydrogen-bond acceptors (Lipinski definition) is 8. The molecule has 0 saturated carbocycles. The van der Waals surface area contributed by atoms with Gasteiger partial charge < -0.3 is 0 Å². The van der Waals surface area contributed by atoms with Crippen molar-refractivity contribution in [1.29, 1.82) is 0 Å². The number of hydrogen-bond donors (Lipinski definition) is 5. The van der Waals surface area contributed by atoms with Crippen LogP contribution in [0.3, 0.4) is 0 Å². The van der Waals surface area contributed by atoms with E-state index in [4.69, 9.17) is 15.6 Å². The number of nitrogens with one attached hydrogen (secondary N) is 1. The van der Waals surface area contributed by atoms with Crippen LogP contribution in [0.15, 0.2) is 4.79 Å². The van der Waals surface area contributed by atoms with E-state index in [1.165, 1.54) is 4.57 Å². The van der Waals surface area contributed by atoms with E-state index in [0.29, 0.717) is 0 Å². The van der Waals surface area contributed by atoms with Crippen LogP contribution < -0.4 is 16.0 Å². The molecule has 113 valence electrons. The molecule has 11 heteroatoms. The molecule has 0 amide bonds. The van der Waals surface area contributed by atoms with Gasteiger partial charge in [-0.05, 0) is 0 Å². The van der Waals surface area contributed by atoms with Crippen molar-refractivity contribution in [3.8, 4) is 0 Å². The number of fused-ring (bicyclic) bond motifs is 1. The Morgan fingerprint density at radius 3 is 2.71 bits per heavy atom. The second-order valence-electron chi connectivity index (χ2n) is 4.62. The van der Waals surface area contributed by atoms with Crippen molar-refractivity contribution in [2.45, 2.75) is 24.5 Å². The Balaban J connectivity index is 2.17. The summed E-state index contributed by atoms with van der Waals surface area (Å²) in [5, 5.41) is 29.0. The van der Waals surface area contributed by atoms with Gasteiger partial charge in [0.1, 0.15) is 0 Å². The van der Waals surface area contributed by atoms with Crippen LogP contribution in [0.5, 0.6) is 0 Å². The molecule has 3 heterocycles. The minimum absolute atomic E-state index is 0.0238. The number of imidazole rings is 1. The fraction of sp³-hybridized carbons (Fsp3) is 0.500. The van der Waals surface area contributed by atoms with Crippen LogP contribution in [0.1, 0.15) is 6.23 Å². The molecule has 21 heavy (non-hydrogen) atoms. The number of nitrogens with zero attached hydrogens (tertiary/aromatic N) is 3. The molecule has 0 bridgehead atoms. The summed E-state index contributed by atoms with van der Waals surface area (Å²) in [5.41, 5.74) is 5.11. The van der Waals surface area contributed by atoms with Crippen LogP contribution in [0.2, 0.25) is 0 Å². The normalized spacial score (nSPS) is 29.3. The van der Waals surface area contributed by atoms with E-state index in [1.54, 1.807) is 0 Å². The molecule has 10 nitrogen and oxygen atoms in total. The third kappa shape index (κ3) is 2.14. The van der Waals surface area contributed by atoms with E-state index in [0.717, 1.165) is 0 Å². The van der Waals surface area contributed by atoms with E-state index in [2.05, 4.69) is 31.0 Å². The summed E-state index contributed by atoms with van der Waals surface area (Å²) >= 11 is 2.63. The zero-order valence-electron chi connectivity index (χ0n) is 10.5. The number of aromatic amines is 1. The fourth-order valence-electron chi connectivity index (χ4n) is 2.30. The van der Waals surface area contributed by atoms with Gasteiger partial charge in [-0.25, -0.2) is 0 Å². The zero-order chi connectivity index (χ0) is 15.3. The van der Waals surface area contributed by atoms with Gasteiger partial charge in [0.05, 0.1) is 0 Å².